The minimum atomic E-state index is -0.305. The number of anilines is 1. The van der Waals surface area contributed by atoms with E-state index in [2.05, 4.69) is 5.32 Å². The fourth-order valence-electron chi connectivity index (χ4n) is 1.88. The number of amidine groups is 1. The van der Waals surface area contributed by atoms with E-state index in [0.29, 0.717) is 16.8 Å². The number of nitrogen functional groups attached to an aromatic ring is 2. The Morgan fingerprint density at radius 2 is 2.00 bits per heavy atom. The third-order valence-corrected chi connectivity index (χ3v) is 2.97. The van der Waals surface area contributed by atoms with Gasteiger partial charge in [0.05, 0.1) is 0 Å². The Labute approximate surface area is 121 Å². The predicted molar refractivity (Wildman–Crippen MR) is 81.1 cm³/mol. The van der Waals surface area contributed by atoms with Gasteiger partial charge in [0, 0.05) is 23.4 Å². The van der Waals surface area contributed by atoms with E-state index in [4.69, 9.17) is 16.9 Å². The van der Waals surface area contributed by atoms with E-state index >= 15 is 0 Å². The SMILES string of the molecule is N=C(N)c1cc(C(=O)NCc2cccc(O)c2)ccc1N. The average molecular weight is 284 g/mol. The van der Waals surface area contributed by atoms with Gasteiger partial charge in [-0.05, 0) is 35.9 Å². The molecule has 21 heavy (non-hydrogen) atoms. The van der Waals surface area contributed by atoms with Gasteiger partial charge in [0.15, 0.2) is 0 Å². The number of amides is 1. The fourth-order valence-corrected chi connectivity index (χ4v) is 1.88. The van der Waals surface area contributed by atoms with Gasteiger partial charge in [-0.1, -0.05) is 12.1 Å². The topological polar surface area (TPSA) is 125 Å². The fraction of sp³-hybridized carbons (Fsp3) is 0.0667. The molecule has 0 aliphatic heterocycles. The number of phenolic OH excluding ortho intramolecular Hbond substituents is 1. The number of rotatable bonds is 4. The molecule has 0 saturated heterocycles. The zero-order valence-electron chi connectivity index (χ0n) is 11.3. The van der Waals surface area contributed by atoms with Crippen molar-refractivity contribution in [1.82, 2.24) is 5.32 Å². The summed E-state index contributed by atoms with van der Waals surface area (Å²) >= 11 is 0. The summed E-state index contributed by atoms with van der Waals surface area (Å²) in [6.45, 7) is 0.285. The Balaban J connectivity index is 2.10. The molecule has 0 bridgehead atoms. The molecule has 2 rings (SSSR count). The summed E-state index contributed by atoms with van der Waals surface area (Å²) in [5.41, 5.74) is 12.9. The van der Waals surface area contributed by atoms with Crippen LogP contribution in [-0.4, -0.2) is 16.8 Å². The van der Waals surface area contributed by atoms with Crippen molar-refractivity contribution in [3.8, 4) is 5.75 Å². The second kappa shape index (κ2) is 5.96. The maximum Gasteiger partial charge on any atom is 0.251 e. The number of nitrogens with one attached hydrogen (secondary N) is 2. The number of carbonyl (C=O) groups excluding carboxylic acids is 1. The number of hydrogen-bond acceptors (Lipinski definition) is 4. The van der Waals surface area contributed by atoms with Crippen molar-refractivity contribution in [1.29, 1.82) is 5.41 Å². The Morgan fingerprint density at radius 3 is 2.67 bits per heavy atom. The Hall–Kier alpha value is -3.02. The van der Waals surface area contributed by atoms with Gasteiger partial charge in [-0.15, -0.1) is 0 Å². The summed E-state index contributed by atoms with van der Waals surface area (Å²) in [4.78, 5) is 12.1. The Bertz CT molecular complexity index is 698. The van der Waals surface area contributed by atoms with Crippen LogP contribution in [0, 0.1) is 5.41 Å². The van der Waals surface area contributed by atoms with E-state index in [9.17, 15) is 9.90 Å². The van der Waals surface area contributed by atoms with E-state index in [1.165, 1.54) is 6.07 Å². The summed E-state index contributed by atoms with van der Waals surface area (Å²) in [7, 11) is 0. The summed E-state index contributed by atoms with van der Waals surface area (Å²) in [6, 6.07) is 11.2. The maximum atomic E-state index is 12.1. The molecule has 0 spiro atoms. The van der Waals surface area contributed by atoms with Crippen LogP contribution >= 0.6 is 0 Å². The quantitative estimate of drug-likeness (QED) is 0.328. The highest BCUT2D eigenvalue weighted by molar-refractivity contribution is 6.03. The molecule has 0 aliphatic carbocycles. The number of nitrogens with two attached hydrogens (primary N) is 2. The molecule has 0 fully saturated rings. The van der Waals surface area contributed by atoms with Crippen LogP contribution in [0.15, 0.2) is 42.5 Å². The highest BCUT2D eigenvalue weighted by atomic mass is 16.3. The van der Waals surface area contributed by atoms with Crippen LogP contribution in [0.2, 0.25) is 0 Å². The molecule has 7 N–H and O–H groups in total. The third-order valence-electron chi connectivity index (χ3n) is 2.97. The summed E-state index contributed by atoms with van der Waals surface area (Å²) in [6.07, 6.45) is 0. The van der Waals surface area contributed by atoms with Crippen molar-refractivity contribution in [2.45, 2.75) is 6.54 Å². The summed E-state index contributed by atoms with van der Waals surface area (Å²) in [5.74, 6) is -0.343. The third kappa shape index (κ3) is 3.50. The largest absolute Gasteiger partial charge is 0.508 e. The summed E-state index contributed by atoms with van der Waals surface area (Å²) in [5, 5.41) is 19.5. The van der Waals surface area contributed by atoms with Crippen molar-refractivity contribution in [3.63, 3.8) is 0 Å². The van der Waals surface area contributed by atoms with E-state index in [1.807, 2.05) is 0 Å². The van der Waals surface area contributed by atoms with Crippen molar-refractivity contribution < 1.29 is 9.90 Å². The number of benzene rings is 2. The highest BCUT2D eigenvalue weighted by Crippen LogP contribution is 2.14. The van der Waals surface area contributed by atoms with Crippen LogP contribution in [-0.2, 0) is 6.54 Å². The second-order valence-corrected chi connectivity index (χ2v) is 4.57. The van der Waals surface area contributed by atoms with Gasteiger partial charge in [-0.2, -0.15) is 0 Å². The van der Waals surface area contributed by atoms with Crippen LogP contribution in [0.4, 0.5) is 5.69 Å². The molecule has 2 aromatic carbocycles. The molecule has 108 valence electrons. The smallest absolute Gasteiger partial charge is 0.251 e. The molecule has 0 unspecified atom stereocenters. The lowest BCUT2D eigenvalue weighted by atomic mass is 10.1. The Morgan fingerprint density at radius 1 is 1.24 bits per heavy atom. The first kappa shape index (κ1) is 14.4. The van der Waals surface area contributed by atoms with Crippen LogP contribution in [0.1, 0.15) is 21.5 Å². The number of carbonyl (C=O) groups is 1. The normalized spacial score (nSPS) is 10.1. The van der Waals surface area contributed by atoms with E-state index in [0.717, 1.165) is 5.56 Å². The van der Waals surface area contributed by atoms with Crippen LogP contribution in [0.5, 0.6) is 5.75 Å². The maximum absolute atomic E-state index is 12.1. The minimum Gasteiger partial charge on any atom is -0.508 e. The Kier molecular flexibility index (Phi) is 4.08. The zero-order valence-corrected chi connectivity index (χ0v) is 11.3. The first-order chi connectivity index (χ1) is 9.97. The lowest BCUT2D eigenvalue weighted by Crippen LogP contribution is -2.23. The molecule has 0 radical (unpaired) electrons. The van der Waals surface area contributed by atoms with Gasteiger partial charge in [0.25, 0.3) is 5.91 Å². The molecular formula is C15H16N4O2. The lowest BCUT2D eigenvalue weighted by Gasteiger charge is -2.09. The molecule has 0 atom stereocenters. The first-order valence-electron chi connectivity index (χ1n) is 6.27. The van der Waals surface area contributed by atoms with Crippen molar-refractivity contribution >= 4 is 17.4 Å². The van der Waals surface area contributed by atoms with Crippen molar-refractivity contribution in [2.24, 2.45) is 5.73 Å². The number of phenols is 1. The minimum absolute atomic E-state index is 0.146. The molecule has 0 heterocycles. The number of hydrogen-bond donors (Lipinski definition) is 5. The zero-order chi connectivity index (χ0) is 15.4. The molecule has 0 aromatic heterocycles. The van der Waals surface area contributed by atoms with Gasteiger partial charge in [-0.3, -0.25) is 10.2 Å². The van der Waals surface area contributed by atoms with Crippen LogP contribution < -0.4 is 16.8 Å². The number of aromatic hydroxyl groups is 1. The molecule has 0 saturated carbocycles. The van der Waals surface area contributed by atoms with Gasteiger partial charge in [-0.25, -0.2) is 0 Å². The van der Waals surface area contributed by atoms with E-state index in [1.54, 1.807) is 36.4 Å². The van der Waals surface area contributed by atoms with Gasteiger partial charge < -0.3 is 21.9 Å². The lowest BCUT2D eigenvalue weighted by molar-refractivity contribution is 0.0951. The summed E-state index contributed by atoms with van der Waals surface area (Å²) < 4.78 is 0. The standard InChI is InChI=1S/C15H16N4O2/c16-13-5-4-10(7-12(13)14(17)18)15(21)19-8-9-2-1-3-11(20)6-9/h1-7,20H,8,16H2,(H3,17,18)(H,19,21). The monoisotopic (exact) mass is 284 g/mol. The molecule has 1 amide bonds. The predicted octanol–water partition coefficient (Wildman–Crippen LogP) is 1.19. The first-order valence-corrected chi connectivity index (χ1v) is 6.27. The van der Waals surface area contributed by atoms with Gasteiger partial charge in [0.1, 0.15) is 11.6 Å². The van der Waals surface area contributed by atoms with Crippen LogP contribution in [0.25, 0.3) is 0 Å². The molecular weight excluding hydrogens is 268 g/mol. The van der Waals surface area contributed by atoms with E-state index in [-0.39, 0.29) is 24.0 Å². The van der Waals surface area contributed by atoms with Crippen molar-refractivity contribution in [2.75, 3.05) is 5.73 Å². The molecule has 0 aliphatic rings. The average Bonchev–Trinajstić information content (AvgIpc) is 2.45. The van der Waals surface area contributed by atoms with E-state index < -0.39 is 0 Å². The molecule has 2 aromatic rings. The van der Waals surface area contributed by atoms with Gasteiger partial charge >= 0.3 is 0 Å². The molecule has 6 heteroatoms. The highest BCUT2D eigenvalue weighted by Gasteiger charge is 2.10. The van der Waals surface area contributed by atoms with Gasteiger partial charge in [0.2, 0.25) is 0 Å². The second-order valence-electron chi connectivity index (χ2n) is 4.57. The van der Waals surface area contributed by atoms with Crippen LogP contribution in [0.3, 0.4) is 0 Å². The molecule has 6 nitrogen and oxygen atoms in total. The van der Waals surface area contributed by atoms with Crippen molar-refractivity contribution in [3.05, 3.63) is 59.2 Å².